The van der Waals surface area contributed by atoms with Crippen LogP contribution < -0.4 is 5.73 Å². The number of hydrogen-bond donors (Lipinski definition) is 2. The van der Waals surface area contributed by atoms with Crippen LogP contribution in [0.3, 0.4) is 0 Å². The summed E-state index contributed by atoms with van der Waals surface area (Å²) in [6.45, 7) is 0. The van der Waals surface area contributed by atoms with Crippen molar-refractivity contribution in [3.8, 4) is 0 Å². The van der Waals surface area contributed by atoms with Crippen molar-refractivity contribution in [3.05, 3.63) is 35.9 Å². The number of benzene rings is 1. The molecule has 0 aliphatic heterocycles. The van der Waals surface area contributed by atoms with E-state index in [2.05, 4.69) is 24.3 Å². The second-order valence-electron chi connectivity index (χ2n) is 3.51. The lowest BCUT2D eigenvalue weighted by Crippen LogP contribution is -2.04. The Bertz CT molecular complexity index is 285. The van der Waals surface area contributed by atoms with Crippen molar-refractivity contribution >= 4 is 16.9 Å². The van der Waals surface area contributed by atoms with Gasteiger partial charge >= 0.3 is 0 Å². The molecule has 0 radical (unpaired) electrons. The Morgan fingerprint density at radius 3 is 2.53 bits per heavy atom. The van der Waals surface area contributed by atoms with Crippen LogP contribution >= 0.6 is 11.8 Å². The van der Waals surface area contributed by atoms with Gasteiger partial charge in [-0.3, -0.25) is 5.41 Å². The Morgan fingerprint density at radius 1 is 1.13 bits per heavy atom. The molecular formula is C12H18N2S. The summed E-state index contributed by atoms with van der Waals surface area (Å²) in [7, 11) is 0. The summed E-state index contributed by atoms with van der Waals surface area (Å²) in [6, 6.07) is 10.6. The average Bonchev–Trinajstić information content (AvgIpc) is 2.24. The van der Waals surface area contributed by atoms with Crippen molar-refractivity contribution in [1.82, 2.24) is 0 Å². The first-order chi connectivity index (χ1) is 7.29. The Balaban J connectivity index is 2.00. The molecule has 0 heterocycles. The topological polar surface area (TPSA) is 49.9 Å². The van der Waals surface area contributed by atoms with Gasteiger partial charge in [0.25, 0.3) is 0 Å². The lowest BCUT2D eigenvalue weighted by atomic mass is 10.1. The molecule has 3 N–H and O–H groups in total. The van der Waals surface area contributed by atoms with Crippen LogP contribution in [-0.4, -0.2) is 10.9 Å². The highest BCUT2D eigenvalue weighted by atomic mass is 32.2. The van der Waals surface area contributed by atoms with Crippen molar-refractivity contribution in [2.45, 2.75) is 25.7 Å². The smallest absolute Gasteiger partial charge is 0.151 e. The summed E-state index contributed by atoms with van der Waals surface area (Å²) >= 11 is 1.44. The molecule has 0 bridgehead atoms. The predicted octanol–water partition coefficient (Wildman–Crippen LogP) is 3.03. The highest BCUT2D eigenvalue weighted by Gasteiger charge is 1.94. The molecule has 1 rings (SSSR count). The summed E-state index contributed by atoms with van der Waals surface area (Å²) in [5, 5.41) is 7.28. The van der Waals surface area contributed by atoms with Crippen molar-refractivity contribution in [1.29, 1.82) is 5.41 Å². The zero-order valence-electron chi connectivity index (χ0n) is 8.91. The summed E-state index contributed by atoms with van der Waals surface area (Å²) < 4.78 is 0. The lowest BCUT2D eigenvalue weighted by Gasteiger charge is -2.01. The van der Waals surface area contributed by atoms with Crippen LogP contribution in [0.2, 0.25) is 0 Å². The van der Waals surface area contributed by atoms with Gasteiger partial charge in [-0.15, -0.1) is 0 Å². The minimum absolute atomic E-state index is 0.234. The SMILES string of the molecule is N=C(N)SCCCCCc1ccccc1. The molecule has 0 saturated heterocycles. The van der Waals surface area contributed by atoms with Gasteiger partial charge in [0.1, 0.15) is 0 Å². The fourth-order valence-corrected chi connectivity index (χ4v) is 2.00. The highest BCUT2D eigenvalue weighted by molar-refractivity contribution is 8.13. The molecule has 82 valence electrons. The van der Waals surface area contributed by atoms with Gasteiger partial charge in [-0.25, -0.2) is 0 Å². The average molecular weight is 222 g/mol. The number of thioether (sulfide) groups is 1. The van der Waals surface area contributed by atoms with Crippen LogP contribution in [0.25, 0.3) is 0 Å². The zero-order valence-corrected chi connectivity index (χ0v) is 9.72. The summed E-state index contributed by atoms with van der Waals surface area (Å²) in [5.74, 6) is 0.976. The maximum atomic E-state index is 7.05. The summed E-state index contributed by atoms with van der Waals surface area (Å²) in [5.41, 5.74) is 6.66. The quantitative estimate of drug-likeness (QED) is 0.441. The largest absolute Gasteiger partial charge is 0.379 e. The first-order valence-corrected chi connectivity index (χ1v) is 6.28. The van der Waals surface area contributed by atoms with Crippen molar-refractivity contribution < 1.29 is 0 Å². The van der Waals surface area contributed by atoms with Gasteiger partial charge in [0.2, 0.25) is 0 Å². The molecule has 0 aliphatic carbocycles. The minimum Gasteiger partial charge on any atom is -0.379 e. The van der Waals surface area contributed by atoms with E-state index >= 15 is 0 Å². The number of nitrogens with two attached hydrogens (primary N) is 1. The van der Waals surface area contributed by atoms with E-state index in [1.165, 1.54) is 30.2 Å². The van der Waals surface area contributed by atoms with Gasteiger partial charge in [-0.2, -0.15) is 0 Å². The number of hydrogen-bond acceptors (Lipinski definition) is 2. The normalized spacial score (nSPS) is 10.1. The van der Waals surface area contributed by atoms with E-state index in [4.69, 9.17) is 11.1 Å². The number of aryl methyl sites for hydroxylation is 1. The van der Waals surface area contributed by atoms with E-state index in [-0.39, 0.29) is 5.17 Å². The molecule has 1 aromatic rings. The molecule has 0 unspecified atom stereocenters. The van der Waals surface area contributed by atoms with Crippen LogP contribution in [0.15, 0.2) is 30.3 Å². The number of amidine groups is 1. The monoisotopic (exact) mass is 222 g/mol. The zero-order chi connectivity index (χ0) is 10.9. The molecule has 15 heavy (non-hydrogen) atoms. The maximum Gasteiger partial charge on any atom is 0.151 e. The molecule has 1 aromatic carbocycles. The Labute approximate surface area is 95.8 Å². The Morgan fingerprint density at radius 2 is 1.87 bits per heavy atom. The van der Waals surface area contributed by atoms with Gasteiger partial charge in [-0.05, 0) is 24.8 Å². The van der Waals surface area contributed by atoms with Crippen LogP contribution in [0, 0.1) is 5.41 Å². The third-order valence-corrected chi connectivity index (χ3v) is 3.01. The van der Waals surface area contributed by atoms with E-state index in [9.17, 15) is 0 Å². The molecule has 0 aromatic heterocycles. The second kappa shape index (κ2) is 7.35. The minimum atomic E-state index is 0.234. The summed E-state index contributed by atoms with van der Waals surface area (Å²) in [6.07, 6.45) is 4.75. The van der Waals surface area contributed by atoms with E-state index in [1.54, 1.807) is 0 Å². The third kappa shape index (κ3) is 6.18. The van der Waals surface area contributed by atoms with Gasteiger partial charge in [0.15, 0.2) is 5.17 Å². The number of unbranched alkanes of at least 4 members (excludes halogenated alkanes) is 2. The number of rotatable bonds is 6. The van der Waals surface area contributed by atoms with Crippen molar-refractivity contribution in [3.63, 3.8) is 0 Å². The Hall–Kier alpha value is -0.960. The molecule has 2 nitrogen and oxygen atoms in total. The number of nitrogens with one attached hydrogen (secondary N) is 1. The first-order valence-electron chi connectivity index (χ1n) is 5.30. The van der Waals surface area contributed by atoms with Crippen LogP contribution in [0.4, 0.5) is 0 Å². The van der Waals surface area contributed by atoms with Gasteiger partial charge in [0, 0.05) is 5.75 Å². The fraction of sp³-hybridized carbons (Fsp3) is 0.417. The molecule has 0 atom stereocenters. The molecule has 0 aliphatic rings. The van der Waals surface area contributed by atoms with Gasteiger partial charge in [0.05, 0.1) is 0 Å². The molecule has 0 fully saturated rings. The fourth-order valence-electron chi connectivity index (χ4n) is 1.43. The van der Waals surface area contributed by atoms with Gasteiger partial charge < -0.3 is 5.73 Å². The van der Waals surface area contributed by atoms with Gasteiger partial charge in [-0.1, -0.05) is 48.5 Å². The van der Waals surface area contributed by atoms with E-state index < -0.39 is 0 Å². The van der Waals surface area contributed by atoms with Crippen LogP contribution in [-0.2, 0) is 6.42 Å². The van der Waals surface area contributed by atoms with E-state index in [0.29, 0.717) is 0 Å². The summed E-state index contributed by atoms with van der Waals surface area (Å²) in [4.78, 5) is 0. The van der Waals surface area contributed by atoms with Crippen molar-refractivity contribution in [2.24, 2.45) is 5.73 Å². The van der Waals surface area contributed by atoms with E-state index in [0.717, 1.165) is 18.6 Å². The molecule has 3 heteroatoms. The first kappa shape index (κ1) is 12.1. The molecule has 0 saturated carbocycles. The second-order valence-corrected chi connectivity index (χ2v) is 4.65. The maximum absolute atomic E-state index is 7.05. The predicted molar refractivity (Wildman–Crippen MR) is 68.4 cm³/mol. The standard InChI is InChI=1S/C12H18N2S/c13-12(14)15-10-6-2-5-9-11-7-3-1-4-8-11/h1,3-4,7-8H,2,5-6,9-10H2,(H3,13,14). The molecule has 0 amide bonds. The Kier molecular flexibility index (Phi) is 5.93. The third-order valence-electron chi connectivity index (χ3n) is 2.21. The van der Waals surface area contributed by atoms with Crippen LogP contribution in [0.1, 0.15) is 24.8 Å². The lowest BCUT2D eigenvalue weighted by molar-refractivity contribution is 0.723. The molecular weight excluding hydrogens is 204 g/mol. The van der Waals surface area contributed by atoms with Crippen LogP contribution in [0.5, 0.6) is 0 Å². The van der Waals surface area contributed by atoms with E-state index in [1.807, 2.05) is 6.07 Å². The van der Waals surface area contributed by atoms with Crippen molar-refractivity contribution in [2.75, 3.05) is 5.75 Å². The highest BCUT2D eigenvalue weighted by Crippen LogP contribution is 2.09. The molecule has 0 spiro atoms.